The van der Waals surface area contributed by atoms with Gasteiger partial charge in [0.2, 0.25) is 0 Å². The van der Waals surface area contributed by atoms with Crippen molar-refractivity contribution in [3.63, 3.8) is 0 Å². The maximum atomic E-state index is 13.3. The maximum absolute atomic E-state index is 13.3. The van der Waals surface area contributed by atoms with Gasteiger partial charge < -0.3 is 4.90 Å². The van der Waals surface area contributed by atoms with E-state index in [0.717, 1.165) is 18.5 Å². The molecular formula is C14H16FNS. The van der Waals surface area contributed by atoms with Crippen molar-refractivity contribution >= 4 is 21.4 Å². The van der Waals surface area contributed by atoms with Crippen molar-refractivity contribution in [2.45, 2.75) is 18.8 Å². The molecule has 17 heavy (non-hydrogen) atoms. The summed E-state index contributed by atoms with van der Waals surface area (Å²) in [6.07, 6.45) is 2.39. The Morgan fingerprint density at radius 3 is 2.82 bits per heavy atom. The molecule has 0 spiro atoms. The Hall–Kier alpha value is -0.930. The van der Waals surface area contributed by atoms with Crippen molar-refractivity contribution < 1.29 is 4.39 Å². The van der Waals surface area contributed by atoms with E-state index in [1.165, 1.54) is 23.1 Å². The molecule has 2 aromatic rings. The fourth-order valence-corrected chi connectivity index (χ4v) is 3.68. The molecule has 0 saturated carbocycles. The van der Waals surface area contributed by atoms with Crippen LogP contribution in [0.1, 0.15) is 24.3 Å². The summed E-state index contributed by atoms with van der Waals surface area (Å²) in [6, 6.07) is 5.14. The highest BCUT2D eigenvalue weighted by Gasteiger charge is 2.21. The molecule has 2 heterocycles. The molecule has 0 atom stereocenters. The highest BCUT2D eigenvalue weighted by Crippen LogP contribution is 2.36. The molecule has 0 radical (unpaired) electrons. The summed E-state index contributed by atoms with van der Waals surface area (Å²) in [5.74, 6) is 0.492. The molecule has 3 heteroatoms. The standard InChI is InChI=1S/C14H16FNS/c1-16-6-4-10(5-7-16)13-9-17-14-3-2-11(15)8-12(13)14/h2-3,8-10H,4-7H2,1H3. The van der Waals surface area contributed by atoms with Gasteiger partial charge in [-0.2, -0.15) is 0 Å². The largest absolute Gasteiger partial charge is 0.306 e. The predicted octanol–water partition coefficient (Wildman–Crippen LogP) is 3.85. The van der Waals surface area contributed by atoms with Gasteiger partial charge in [0, 0.05) is 4.70 Å². The van der Waals surface area contributed by atoms with Crippen LogP contribution in [0.4, 0.5) is 4.39 Å². The Morgan fingerprint density at radius 1 is 1.29 bits per heavy atom. The van der Waals surface area contributed by atoms with Crippen LogP contribution in [0.25, 0.3) is 10.1 Å². The third-order valence-electron chi connectivity index (χ3n) is 3.72. The summed E-state index contributed by atoms with van der Waals surface area (Å²) in [5, 5.41) is 3.35. The zero-order chi connectivity index (χ0) is 11.8. The number of rotatable bonds is 1. The Labute approximate surface area is 105 Å². The fraction of sp³-hybridized carbons (Fsp3) is 0.429. The number of nitrogens with zero attached hydrogens (tertiary/aromatic N) is 1. The van der Waals surface area contributed by atoms with Crippen LogP contribution in [0, 0.1) is 5.82 Å². The Bertz CT molecular complexity index is 526. The molecule has 1 aromatic carbocycles. The second-order valence-electron chi connectivity index (χ2n) is 4.91. The van der Waals surface area contributed by atoms with Crippen LogP contribution in [0.15, 0.2) is 23.6 Å². The van der Waals surface area contributed by atoms with Gasteiger partial charge in [-0.15, -0.1) is 11.3 Å². The molecule has 1 nitrogen and oxygen atoms in total. The van der Waals surface area contributed by atoms with Gasteiger partial charge in [-0.3, -0.25) is 0 Å². The van der Waals surface area contributed by atoms with Crippen LogP contribution in [-0.4, -0.2) is 25.0 Å². The average molecular weight is 249 g/mol. The second-order valence-corrected chi connectivity index (χ2v) is 5.82. The third kappa shape index (κ3) is 2.09. The molecule has 0 bridgehead atoms. The molecule has 0 amide bonds. The minimum absolute atomic E-state index is 0.120. The lowest BCUT2D eigenvalue weighted by Crippen LogP contribution is -2.29. The number of likely N-dealkylation sites (tertiary alicyclic amines) is 1. The second kappa shape index (κ2) is 4.39. The quantitative estimate of drug-likeness (QED) is 0.742. The summed E-state index contributed by atoms with van der Waals surface area (Å²) < 4.78 is 14.5. The zero-order valence-corrected chi connectivity index (χ0v) is 10.8. The Morgan fingerprint density at radius 2 is 2.06 bits per heavy atom. The molecule has 1 fully saturated rings. The van der Waals surface area contributed by atoms with E-state index >= 15 is 0 Å². The summed E-state index contributed by atoms with van der Waals surface area (Å²) in [7, 11) is 2.17. The Kier molecular flexibility index (Phi) is 2.89. The third-order valence-corrected chi connectivity index (χ3v) is 4.71. The molecule has 1 aliphatic heterocycles. The molecule has 0 unspecified atom stereocenters. The number of thiophene rings is 1. The first-order valence-corrected chi connectivity index (χ1v) is 6.97. The SMILES string of the molecule is CN1CCC(c2csc3ccc(F)cc23)CC1. The van der Waals surface area contributed by atoms with Gasteiger partial charge in [-0.05, 0) is 73.4 Å². The van der Waals surface area contributed by atoms with Crippen molar-refractivity contribution in [1.29, 1.82) is 0 Å². The lowest BCUT2D eigenvalue weighted by Gasteiger charge is -2.28. The van der Waals surface area contributed by atoms with E-state index in [2.05, 4.69) is 17.3 Å². The highest BCUT2D eigenvalue weighted by molar-refractivity contribution is 7.17. The predicted molar refractivity (Wildman–Crippen MR) is 71.3 cm³/mol. The van der Waals surface area contributed by atoms with Crippen LogP contribution in [0.5, 0.6) is 0 Å². The van der Waals surface area contributed by atoms with Crippen LogP contribution >= 0.6 is 11.3 Å². The van der Waals surface area contributed by atoms with Gasteiger partial charge in [0.1, 0.15) is 5.82 Å². The monoisotopic (exact) mass is 249 g/mol. The molecule has 1 aliphatic rings. The average Bonchev–Trinajstić information content (AvgIpc) is 2.73. The number of fused-ring (bicyclic) bond motifs is 1. The number of halogens is 1. The molecule has 1 aromatic heterocycles. The fourth-order valence-electron chi connectivity index (χ4n) is 2.66. The first-order valence-electron chi connectivity index (χ1n) is 6.09. The molecule has 0 N–H and O–H groups in total. The number of hydrogen-bond acceptors (Lipinski definition) is 2. The van der Waals surface area contributed by atoms with E-state index in [0.29, 0.717) is 5.92 Å². The van der Waals surface area contributed by atoms with Gasteiger partial charge in [0.25, 0.3) is 0 Å². The minimum Gasteiger partial charge on any atom is -0.306 e. The number of benzene rings is 1. The molecule has 90 valence electrons. The summed E-state index contributed by atoms with van der Waals surface area (Å²) in [4.78, 5) is 2.37. The number of piperidine rings is 1. The van der Waals surface area contributed by atoms with Gasteiger partial charge >= 0.3 is 0 Å². The smallest absolute Gasteiger partial charge is 0.123 e. The van der Waals surface area contributed by atoms with Crippen LogP contribution in [-0.2, 0) is 0 Å². The molecular weight excluding hydrogens is 233 g/mol. The van der Waals surface area contributed by atoms with E-state index in [9.17, 15) is 4.39 Å². The highest BCUT2D eigenvalue weighted by atomic mass is 32.1. The topological polar surface area (TPSA) is 3.24 Å². The van der Waals surface area contributed by atoms with Crippen molar-refractivity contribution in [3.05, 3.63) is 35.0 Å². The molecule has 3 rings (SSSR count). The van der Waals surface area contributed by atoms with E-state index in [4.69, 9.17) is 0 Å². The van der Waals surface area contributed by atoms with E-state index in [1.807, 2.05) is 6.07 Å². The van der Waals surface area contributed by atoms with Gasteiger partial charge in [-0.1, -0.05) is 0 Å². The van der Waals surface area contributed by atoms with Crippen LogP contribution in [0.3, 0.4) is 0 Å². The van der Waals surface area contributed by atoms with Crippen LogP contribution in [0.2, 0.25) is 0 Å². The van der Waals surface area contributed by atoms with Crippen molar-refractivity contribution in [2.24, 2.45) is 0 Å². The normalized spacial score (nSPS) is 18.9. The van der Waals surface area contributed by atoms with Crippen molar-refractivity contribution in [3.8, 4) is 0 Å². The number of hydrogen-bond donors (Lipinski definition) is 0. The van der Waals surface area contributed by atoms with E-state index in [-0.39, 0.29) is 5.82 Å². The van der Waals surface area contributed by atoms with Gasteiger partial charge in [-0.25, -0.2) is 4.39 Å². The lowest BCUT2D eigenvalue weighted by molar-refractivity contribution is 0.256. The first-order chi connectivity index (χ1) is 8.24. The van der Waals surface area contributed by atoms with Crippen molar-refractivity contribution in [1.82, 2.24) is 4.90 Å². The van der Waals surface area contributed by atoms with Crippen LogP contribution < -0.4 is 0 Å². The zero-order valence-electron chi connectivity index (χ0n) is 9.95. The molecule has 1 saturated heterocycles. The maximum Gasteiger partial charge on any atom is 0.123 e. The Balaban J connectivity index is 1.97. The first kappa shape index (κ1) is 11.2. The van der Waals surface area contributed by atoms with Gasteiger partial charge in [0.15, 0.2) is 0 Å². The molecule has 0 aliphatic carbocycles. The van der Waals surface area contributed by atoms with E-state index in [1.54, 1.807) is 23.5 Å². The summed E-state index contributed by atoms with van der Waals surface area (Å²) in [6.45, 7) is 2.30. The summed E-state index contributed by atoms with van der Waals surface area (Å²) in [5.41, 5.74) is 1.36. The van der Waals surface area contributed by atoms with Crippen molar-refractivity contribution in [2.75, 3.05) is 20.1 Å². The van der Waals surface area contributed by atoms with E-state index < -0.39 is 0 Å². The summed E-state index contributed by atoms with van der Waals surface area (Å²) >= 11 is 1.74. The lowest BCUT2D eigenvalue weighted by atomic mass is 9.89. The van der Waals surface area contributed by atoms with Gasteiger partial charge in [0.05, 0.1) is 0 Å². The minimum atomic E-state index is -0.120.